The van der Waals surface area contributed by atoms with Crippen LogP contribution in [0.15, 0.2) is 65.6 Å². The first kappa shape index (κ1) is 28.4. The number of nitrogens with one attached hydrogen (secondary N) is 2. The fraction of sp³-hybridized carbons (Fsp3) is 0.226. The van der Waals surface area contributed by atoms with Crippen molar-refractivity contribution in [2.24, 2.45) is 0 Å². The molecule has 0 aliphatic heterocycles. The lowest BCUT2D eigenvalue weighted by Gasteiger charge is -2.11. The van der Waals surface area contributed by atoms with Gasteiger partial charge < -0.3 is 20.5 Å². The highest BCUT2D eigenvalue weighted by molar-refractivity contribution is 8.00. The lowest BCUT2D eigenvalue weighted by Crippen LogP contribution is -2.16. The Morgan fingerprint density at radius 1 is 0.927 bits per heavy atom. The summed E-state index contributed by atoms with van der Waals surface area (Å²) in [5, 5.41) is 17.0. The highest BCUT2D eigenvalue weighted by atomic mass is 32.2. The average Bonchev–Trinajstić information content (AvgIpc) is 3.14. The van der Waals surface area contributed by atoms with Gasteiger partial charge in [0.15, 0.2) is 0 Å². The quantitative estimate of drug-likeness (QED) is 0.120. The van der Waals surface area contributed by atoms with Gasteiger partial charge in [0.2, 0.25) is 5.91 Å². The van der Waals surface area contributed by atoms with Crippen LogP contribution >= 0.6 is 23.1 Å². The molecule has 8 nitrogen and oxygen atoms in total. The number of hydrogen-bond acceptors (Lipinski definition) is 7. The lowest BCUT2D eigenvalue weighted by molar-refractivity contribution is -0.113. The molecule has 10 heteroatoms. The number of carbonyl (C=O) groups excluding carboxylic acids is 3. The summed E-state index contributed by atoms with van der Waals surface area (Å²) >= 11 is 2.75. The van der Waals surface area contributed by atoms with Crippen LogP contribution in [0.25, 0.3) is 10.8 Å². The molecule has 1 aliphatic rings. The van der Waals surface area contributed by atoms with E-state index in [1.54, 1.807) is 48.5 Å². The van der Waals surface area contributed by atoms with E-state index >= 15 is 0 Å². The molecule has 1 heterocycles. The van der Waals surface area contributed by atoms with Crippen molar-refractivity contribution in [3.05, 3.63) is 87.8 Å². The maximum atomic E-state index is 13.2. The second-order valence-electron chi connectivity index (χ2n) is 9.59. The Morgan fingerprint density at radius 2 is 1.66 bits per heavy atom. The van der Waals surface area contributed by atoms with Gasteiger partial charge in [-0.2, -0.15) is 0 Å². The molecule has 0 spiro atoms. The Morgan fingerprint density at radius 3 is 2.41 bits per heavy atom. The van der Waals surface area contributed by atoms with Gasteiger partial charge in [0.25, 0.3) is 5.91 Å². The van der Waals surface area contributed by atoms with Gasteiger partial charge in [0.1, 0.15) is 5.00 Å². The number of fused-ring (bicyclic) bond motifs is 2. The van der Waals surface area contributed by atoms with Gasteiger partial charge in [-0.3, -0.25) is 9.59 Å². The highest BCUT2D eigenvalue weighted by Crippen LogP contribution is 2.38. The topological polar surface area (TPSA) is 122 Å². The van der Waals surface area contributed by atoms with Crippen LogP contribution in [0.5, 0.6) is 0 Å². The van der Waals surface area contributed by atoms with Gasteiger partial charge in [0, 0.05) is 26.4 Å². The number of thiophene rings is 1. The van der Waals surface area contributed by atoms with Crippen molar-refractivity contribution in [2.75, 3.05) is 23.5 Å². The minimum absolute atomic E-state index is 0.0565. The Labute approximate surface area is 245 Å². The van der Waals surface area contributed by atoms with Crippen LogP contribution in [0.4, 0.5) is 10.7 Å². The van der Waals surface area contributed by atoms with Gasteiger partial charge >= 0.3 is 11.9 Å². The third-order valence-electron chi connectivity index (χ3n) is 6.91. The van der Waals surface area contributed by atoms with E-state index in [0.29, 0.717) is 27.0 Å². The summed E-state index contributed by atoms with van der Waals surface area (Å²) in [6.45, 7) is 0. The monoisotopic (exact) mass is 588 g/mol. The van der Waals surface area contributed by atoms with Crippen molar-refractivity contribution in [1.82, 2.24) is 0 Å². The van der Waals surface area contributed by atoms with E-state index in [1.807, 2.05) is 6.07 Å². The molecule has 5 rings (SSSR count). The number of aromatic carboxylic acids is 1. The van der Waals surface area contributed by atoms with E-state index in [9.17, 15) is 24.3 Å². The molecule has 3 aromatic carbocycles. The Balaban J connectivity index is 1.27. The van der Waals surface area contributed by atoms with Crippen molar-refractivity contribution in [2.45, 2.75) is 37.0 Å². The van der Waals surface area contributed by atoms with E-state index in [4.69, 9.17) is 4.74 Å². The average molecular weight is 589 g/mol. The van der Waals surface area contributed by atoms with E-state index < -0.39 is 17.8 Å². The van der Waals surface area contributed by atoms with Crippen molar-refractivity contribution >= 4 is 68.3 Å². The fourth-order valence-electron chi connectivity index (χ4n) is 5.03. The standard InChI is InChI=1S/C31H28N2O6S2/c1-39-31(38)27-21-12-3-2-4-15-24(21)41-29(27)33-25(34)17-40-20-11-7-10-19(16-20)32-28(35)22-13-5-8-18-9-6-14-23(26(18)22)30(36)37/h5-11,13-14,16H,2-4,12,15,17H2,1H3,(H,32,35)(H,33,34)(H,36,37). The highest BCUT2D eigenvalue weighted by Gasteiger charge is 2.26. The van der Waals surface area contributed by atoms with Crippen molar-refractivity contribution in [1.29, 1.82) is 0 Å². The first-order valence-corrected chi connectivity index (χ1v) is 15.0. The number of hydrogen-bond donors (Lipinski definition) is 3. The minimum Gasteiger partial charge on any atom is -0.478 e. The zero-order chi connectivity index (χ0) is 28.9. The predicted octanol–water partition coefficient (Wildman–Crippen LogP) is 6.64. The van der Waals surface area contributed by atoms with Crippen LogP contribution in [-0.2, 0) is 22.4 Å². The van der Waals surface area contributed by atoms with Crippen LogP contribution in [0.2, 0.25) is 0 Å². The lowest BCUT2D eigenvalue weighted by atomic mass is 9.98. The Kier molecular flexibility index (Phi) is 8.70. The van der Waals surface area contributed by atoms with Gasteiger partial charge in [-0.25, -0.2) is 9.59 Å². The smallest absolute Gasteiger partial charge is 0.341 e. The van der Waals surface area contributed by atoms with Gasteiger partial charge in [0.05, 0.1) is 24.0 Å². The molecule has 0 saturated heterocycles. The van der Waals surface area contributed by atoms with Gasteiger partial charge in [-0.05, 0) is 67.0 Å². The van der Waals surface area contributed by atoms with Crippen LogP contribution in [0.1, 0.15) is 60.8 Å². The number of carboxylic acids is 1. The Bertz CT molecular complexity index is 1660. The number of methoxy groups -OCH3 is 1. The molecule has 0 bridgehead atoms. The zero-order valence-electron chi connectivity index (χ0n) is 22.3. The summed E-state index contributed by atoms with van der Waals surface area (Å²) in [5.74, 6) is -2.12. The number of ether oxygens (including phenoxy) is 1. The number of aryl methyl sites for hydroxylation is 1. The molecular formula is C31H28N2O6S2. The number of carbonyl (C=O) groups is 4. The normalized spacial score (nSPS) is 12.7. The molecule has 210 valence electrons. The molecule has 4 aromatic rings. The number of rotatable bonds is 8. The predicted molar refractivity (Wildman–Crippen MR) is 162 cm³/mol. The molecule has 0 saturated carbocycles. The van der Waals surface area contributed by atoms with Gasteiger partial charge in [-0.1, -0.05) is 36.8 Å². The molecule has 3 N–H and O–H groups in total. The summed E-state index contributed by atoms with van der Waals surface area (Å²) in [7, 11) is 1.35. The molecule has 0 unspecified atom stereocenters. The molecule has 0 radical (unpaired) electrons. The zero-order valence-corrected chi connectivity index (χ0v) is 24.0. The maximum absolute atomic E-state index is 13.2. The van der Waals surface area contributed by atoms with Crippen molar-refractivity contribution < 1.29 is 29.0 Å². The molecule has 1 aliphatic carbocycles. The third-order valence-corrected chi connectivity index (χ3v) is 9.11. The SMILES string of the molecule is COC(=O)c1c(NC(=O)CSc2cccc(NC(=O)c3cccc4cccc(C(=O)O)c34)c2)sc2c1CCCCC2. The number of benzene rings is 3. The van der Waals surface area contributed by atoms with E-state index in [0.717, 1.165) is 47.4 Å². The molecule has 2 amide bonds. The molecule has 41 heavy (non-hydrogen) atoms. The molecule has 1 aromatic heterocycles. The number of anilines is 2. The van der Waals surface area contributed by atoms with E-state index in [-0.39, 0.29) is 22.8 Å². The van der Waals surface area contributed by atoms with Crippen molar-refractivity contribution in [3.63, 3.8) is 0 Å². The van der Waals surface area contributed by atoms with Crippen molar-refractivity contribution in [3.8, 4) is 0 Å². The number of carboxylic acid groups (broad SMARTS) is 1. The summed E-state index contributed by atoms with van der Waals surface area (Å²) in [6.07, 6.45) is 4.88. The van der Waals surface area contributed by atoms with Crippen LogP contribution in [0, 0.1) is 0 Å². The number of thioether (sulfide) groups is 1. The van der Waals surface area contributed by atoms with Crippen LogP contribution in [-0.4, -0.2) is 41.7 Å². The second-order valence-corrected chi connectivity index (χ2v) is 11.7. The van der Waals surface area contributed by atoms with E-state index in [1.165, 1.54) is 36.3 Å². The number of esters is 1. The molecule has 0 fully saturated rings. The number of amides is 2. The van der Waals surface area contributed by atoms with E-state index in [2.05, 4.69) is 10.6 Å². The fourth-order valence-corrected chi connectivity index (χ4v) is 7.08. The first-order chi connectivity index (χ1) is 19.9. The summed E-state index contributed by atoms with van der Waals surface area (Å²) in [6, 6.07) is 17.1. The second kappa shape index (κ2) is 12.6. The summed E-state index contributed by atoms with van der Waals surface area (Å²) < 4.78 is 5.02. The Hall–Kier alpha value is -4.15. The largest absolute Gasteiger partial charge is 0.478 e. The molecular weight excluding hydrogens is 560 g/mol. The van der Waals surface area contributed by atoms with Crippen LogP contribution in [0.3, 0.4) is 0 Å². The summed E-state index contributed by atoms with van der Waals surface area (Å²) in [4.78, 5) is 52.3. The minimum atomic E-state index is -1.11. The first-order valence-electron chi connectivity index (χ1n) is 13.2. The van der Waals surface area contributed by atoms with Gasteiger partial charge in [-0.15, -0.1) is 23.1 Å². The summed E-state index contributed by atoms with van der Waals surface area (Å²) in [5.41, 5.74) is 2.29. The van der Waals surface area contributed by atoms with Crippen LogP contribution < -0.4 is 10.6 Å². The molecule has 0 atom stereocenters. The third kappa shape index (κ3) is 6.28. The maximum Gasteiger partial charge on any atom is 0.341 e.